The molecule has 0 aliphatic carbocycles. The fourth-order valence-corrected chi connectivity index (χ4v) is 4.56. The zero-order valence-corrected chi connectivity index (χ0v) is 18.6. The van der Waals surface area contributed by atoms with E-state index >= 15 is 0 Å². The van der Waals surface area contributed by atoms with Gasteiger partial charge in [-0.1, -0.05) is 25.1 Å². The lowest BCUT2D eigenvalue weighted by molar-refractivity contribution is -0.116. The van der Waals surface area contributed by atoms with Crippen LogP contribution in [-0.2, 0) is 21.4 Å². The number of rotatable bonds is 9. The first-order valence-corrected chi connectivity index (χ1v) is 11.2. The van der Waals surface area contributed by atoms with Crippen LogP contribution in [0.5, 0.6) is 5.75 Å². The number of carbonyl (C=O) groups excluding carboxylic acids is 1. The number of nitrogens with zero attached hydrogens (tertiary/aromatic N) is 4. The summed E-state index contributed by atoms with van der Waals surface area (Å²) in [6.07, 6.45) is 1.52. The largest absolute Gasteiger partial charge is 0.495 e. The van der Waals surface area contributed by atoms with Gasteiger partial charge >= 0.3 is 5.76 Å². The number of carbonyl (C=O) groups is 1. The minimum absolute atomic E-state index is 0.00798. The highest BCUT2D eigenvalue weighted by atomic mass is 32.2. The number of pyridine rings is 1. The minimum atomic E-state index is -3.75. The molecule has 170 valence electrons. The van der Waals surface area contributed by atoms with Crippen molar-refractivity contribution < 1.29 is 22.5 Å². The van der Waals surface area contributed by atoms with E-state index in [9.17, 15) is 18.0 Å². The van der Waals surface area contributed by atoms with E-state index in [0.717, 1.165) is 4.57 Å². The van der Waals surface area contributed by atoms with E-state index in [2.05, 4.69) is 20.0 Å². The molecule has 0 aliphatic rings. The van der Waals surface area contributed by atoms with Gasteiger partial charge in [-0.3, -0.25) is 14.3 Å². The maximum absolute atomic E-state index is 12.8. The van der Waals surface area contributed by atoms with Gasteiger partial charge in [-0.25, -0.2) is 17.8 Å². The number of amides is 1. The molecular weight excluding hydrogens is 438 g/mol. The summed E-state index contributed by atoms with van der Waals surface area (Å²) in [5, 5.41) is 6.28. The number of hydrogen-bond donors (Lipinski definition) is 1. The van der Waals surface area contributed by atoms with Crippen molar-refractivity contribution >= 4 is 21.6 Å². The zero-order chi connectivity index (χ0) is 23.3. The molecule has 0 saturated carbocycles. The molecule has 2 aromatic heterocycles. The predicted octanol–water partition coefficient (Wildman–Crippen LogP) is 1.58. The Morgan fingerprint density at radius 3 is 2.59 bits per heavy atom. The number of sulfonamides is 1. The van der Waals surface area contributed by atoms with Gasteiger partial charge in [0.25, 0.3) is 0 Å². The van der Waals surface area contributed by atoms with Crippen molar-refractivity contribution in [3.8, 4) is 17.3 Å². The molecule has 1 N–H and O–H groups in total. The summed E-state index contributed by atoms with van der Waals surface area (Å²) in [6.45, 7) is 3.66. The second-order valence-corrected chi connectivity index (χ2v) is 8.51. The fourth-order valence-electron chi connectivity index (χ4n) is 3.08. The van der Waals surface area contributed by atoms with Crippen molar-refractivity contribution in [1.29, 1.82) is 0 Å². The molecule has 0 fully saturated rings. The molecule has 32 heavy (non-hydrogen) atoms. The predicted molar refractivity (Wildman–Crippen MR) is 116 cm³/mol. The number of benzene rings is 1. The molecule has 2 heterocycles. The Morgan fingerprint density at radius 2 is 1.97 bits per heavy atom. The second-order valence-electron chi connectivity index (χ2n) is 6.57. The number of methoxy groups -OCH3 is 1. The van der Waals surface area contributed by atoms with Crippen molar-refractivity contribution in [3.63, 3.8) is 0 Å². The third-order valence-corrected chi connectivity index (χ3v) is 6.72. The summed E-state index contributed by atoms with van der Waals surface area (Å²) >= 11 is 0. The first-order valence-electron chi connectivity index (χ1n) is 9.77. The van der Waals surface area contributed by atoms with Gasteiger partial charge in [0.15, 0.2) is 0 Å². The molecule has 0 spiro atoms. The number of nitrogens with one attached hydrogen (secondary N) is 1. The van der Waals surface area contributed by atoms with Crippen molar-refractivity contribution in [2.24, 2.45) is 0 Å². The Labute approximate surface area is 184 Å². The van der Waals surface area contributed by atoms with E-state index < -0.39 is 28.2 Å². The van der Waals surface area contributed by atoms with Crippen molar-refractivity contribution in [1.82, 2.24) is 19.0 Å². The maximum Gasteiger partial charge on any atom is 0.442 e. The Bertz CT molecular complexity index is 1250. The Kier molecular flexibility index (Phi) is 7.05. The molecule has 3 rings (SSSR count). The van der Waals surface area contributed by atoms with Gasteiger partial charge in [0.05, 0.1) is 17.7 Å². The van der Waals surface area contributed by atoms with E-state index in [0.29, 0.717) is 18.8 Å². The van der Waals surface area contributed by atoms with E-state index in [-0.39, 0.29) is 22.2 Å². The van der Waals surface area contributed by atoms with Gasteiger partial charge in [-0.2, -0.15) is 4.31 Å². The van der Waals surface area contributed by atoms with Crippen LogP contribution < -0.4 is 15.8 Å². The van der Waals surface area contributed by atoms with Gasteiger partial charge < -0.3 is 10.1 Å². The molecule has 1 aromatic carbocycles. The maximum atomic E-state index is 12.8. The highest BCUT2D eigenvalue weighted by Gasteiger charge is 2.24. The quantitative estimate of drug-likeness (QED) is 0.507. The van der Waals surface area contributed by atoms with Crippen LogP contribution in [0.4, 0.5) is 5.69 Å². The van der Waals surface area contributed by atoms with Crippen LogP contribution in [0.3, 0.4) is 0 Å². The summed E-state index contributed by atoms with van der Waals surface area (Å²) in [5.41, 5.74) is 0.505. The lowest BCUT2D eigenvalue weighted by atomic mass is 10.3. The summed E-state index contributed by atoms with van der Waals surface area (Å²) in [4.78, 5) is 28.9. The van der Waals surface area contributed by atoms with Crippen molar-refractivity contribution in [3.05, 3.63) is 53.1 Å². The van der Waals surface area contributed by atoms with Crippen LogP contribution >= 0.6 is 0 Å². The van der Waals surface area contributed by atoms with E-state index in [1.54, 1.807) is 32.0 Å². The highest BCUT2D eigenvalue weighted by Crippen LogP contribution is 2.29. The smallest absolute Gasteiger partial charge is 0.442 e. The van der Waals surface area contributed by atoms with E-state index in [1.807, 2.05) is 0 Å². The second kappa shape index (κ2) is 9.75. The average Bonchev–Trinajstić information content (AvgIpc) is 3.14. The molecule has 12 heteroatoms. The third-order valence-electron chi connectivity index (χ3n) is 4.67. The molecule has 0 saturated heterocycles. The van der Waals surface area contributed by atoms with Gasteiger partial charge in [0.1, 0.15) is 18.0 Å². The molecular formula is C20H23N5O6S. The van der Waals surface area contributed by atoms with Gasteiger partial charge in [0, 0.05) is 19.3 Å². The zero-order valence-electron chi connectivity index (χ0n) is 17.8. The standard InChI is InChI=1S/C20H23N5O6S/c1-4-24(5-2)32(28,29)14-9-10-17(30-3)16(12-14)22-18(26)13-25-19(23-31-20(25)27)15-8-6-7-11-21-15/h6-12H,4-5,13H2,1-3H3,(H,22,26). The van der Waals surface area contributed by atoms with Gasteiger partial charge in [-0.05, 0) is 30.3 Å². The van der Waals surface area contributed by atoms with E-state index in [1.165, 1.54) is 35.8 Å². The molecule has 0 atom stereocenters. The Balaban J connectivity index is 1.89. The van der Waals surface area contributed by atoms with Crippen LogP contribution in [0, 0.1) is 0 Å². The lowest BCUT2D eigenvalue weighted by Gasteiger charge is -2.19. The summed E-state index contributed by atoms with van der Waals surface area (Å²) in [6, 6.07) is 9.21. The SMILES string of the molecule is CCN(CC)S(=O)(=O)c1ccc(OC)c(NC(=O)Cn2c(-c3ccccn3)noc2=O)c1. The van der Waals surface area contributed by atoms with Crippen LogP contribution in [0.15, 0.2) is 56.8 Å². The minimum Gasteiger partial charge on any atom is -0.495 e. The van der Waals surface area contributed by atoms with E-state index in [4.69, 9.17) is 4.74 Å². The average molecular weight is 462 g/mol. The van der Waals surface area contributed by atoms with Crippen LogP contribution in [0.25, 0.3) is 11.5 Å². The highest BCUT2D eigenvalue weighted by molar-refractivity contribution is 7.89. The van der Waals surface area contributed by atoms with Crippen LogP contribution in [0.1, 0.15) is 13.8 Å². The number of ether oxygens (including phenoxy) is 1. The molecule has 0 unspecified atom stereocenters. The summed E-state index contributed by atoms with van der Waals surface area (Å²) in [5.74, 6) is -1.08. The molecule has 0 bridgehead atoms. The molecule has 0 radical (unpaired) electrons. The Hall–Kier alpha value is -3.51. The van der Waals surface area contributed by atoms with Gasteiger partial charge in [-0.15, -0.1) is 0 Å². The number of aromatic nitrogens is 3. The monoisotopic (exact) mass is 461 g/mol. The van der Waals surface area contributed by atoms with Crippen molar-refractivity contribution in [2.45, 2.75) is 25.3 Å². The normalized spacial score (nSPS) is 11.5. The summed E-state index contributed by atoms with van der Waals surface area (Å²) in [7, 11) is -2.35. The van der Waals surface area contributed by atoms with Crippen molar-refractivity contribution in [2.75, 3.05) is 25.5 Å². The lowest BCUT2D eigenvalue weighted by Crippen LogP contribution is -2.30. The molecule has 1 amide bonds. The van der Waals surface area contributed by atoms with Gasteiger partial charge in [0.2, 0.25) is 21.8 Å². The Morgan fingerprint density at radius 1 is 1.22 bits per heavy atom. The third kappa shape index (κ3) is 4.70. The fraction of sp³-hybridized carbons (Fsp3) is 0.300. The summed E-state index contributed by atoms with van der Waals surface area (Å²) < 4.78 is 37.9. The van der Waals surface area contributed by atoms with Crippen LogP contribution in [0.2, 0.25) is 0 Å². The topological polar surface area (TPSA) is 137 Å². The molecule has 0 aliphatic heterocycles. The molecule has 11 nitrogen and oxygen atoms in total. The first-order chi connectivity index (χ1) is 15.3. The number of hydrogen-bond acceptors (Lipinski definition) is 8. The molecule has 3 aromatic rings. The van der Waals surface area contributed by atoms with Crippen LogP contribution in [-0.4, -0.2) is 53.5 Å². The number of anilines is 1. The first kappa shape index (κ1) is 23.2.